The molecule has 27 heavy (non-hydrogen) atoms. The maximum absolute atomic E-state index is 11.6. The summed E-state index contributed by atoms with van der Waals surface area (Å²) in [7, 11) is 3.07. The van der Waals surface area contributed by atoms with Gasteiger partial charge < -0.3 is 14.2 Å². The van der Waals surface area contributed by atoms with Gasteiger partial charge in [-0.2, -0.15) is 0 Å². The number of hydrogen-bond acceptors (Lipinski definition) is 7. The van der Waals surface area contributed by atoms with Gasteiger partial charge in [-0.1, -0.05) is 0 Å². The van der Waals surface area contributed by atoms with Crippen LogP contribution in [0.2, 0.25) is 0 Å². The number of ether oxygens (including phenoxy) is 3. The topological polar surface area (TPSA) is 106 Å². The van der Waals surface area contributed by atoms with Gasteiger partial charge >= 0.3 is 0 Å². The zero-order valence-electron chi connectivity index (χ0n) is 15.4. The van der Waals surface area contributed by atoms with Gasteiger partial charge in [-0.25, -0.2) is 4.68 Å². The number of aromatic nitrogens is 2. The van der Waals surface area contributed by atoms with Gasteiger partial charge in [0.05, 0.1) is 17.1 Å². The Balaban J connectivity index is 2.15. The second kappa shape index (κ2) is 6.84. The molecule has 0 saturated carbocycles. The Morgan fingerprint density at radius 1 is 1.33 bits per heavy atom. The molecular weight excluding hydrogens is 354 g/mol. The number of benzene rings is 1. The van der Waals surface area contributed by atoms with Gasteiger partial charge in [0.25, 0.3) is 11.2 Å². The lowest BCUT2D eigenvalue weighted by Gasteiger charge is -2.37. The fourth-order valence-corrected chi connectivity index (χ4v) is 2.84. The van der Waals surface area contributed by atoms with Crippen molar-refractivity contribution < 1.29 is 19.1 Å². The largest absolute Gasteiger partial charge is 0.480 e. The highest BCUT2D eigenvalue weighted by Crippen LogP contribution is 2.42. The number of methoxy groups -OCH3 is 1. The molecule has 1 aliphatic heterocycles. The summed E-state index contributed by atoms with van der Waals surface area (Å²) in [4.78, 5) is 22.3. The van der Waals surface area contributed by atoms with Crippen LogP contribution < -0.4 is 15.0 Å². The van der Waals surface area contributed by atoms with Crippen LogP contribution in [-0.2, 0) is 11.8 Å². The molecule has 1 aliphatic rings. The summed E-state index contributed by atoms with van der Waals surface area (Å²) in [5.41, 5.74) is -0.0670. The van der Waals surface area contributed by atoms with E-state index in [-0.39, 0.29) is 23.7 Å². The molecule has 3 rings (SSSR count). The molecule has 0 amide bonds. The number of nitrogens with zero attached hydrogens (tertiary/aromatic N) is 3. The Bertz CT molecular complexity index is 997. The average Bonchev–Trinajstić information content (AvgIpc) is 2.62. The van der Waals surface area contributed by atoms with E-state index in [1.165, 1.54) is 37.4 Å². The molecule has 9 nitrogen and oxygen atoms in total. The van der Waals surface area contributed by atoms with Crippen molar-refractivity contribution >= 4 is 11.4 Å². The summed E-state index contributed by atoms with van der Waals surface area (Å²) >= 11 is 0. The summed E-state index contributed by atoms with van der Waals surface area (Å²) in [6.07, 6.45) is 0. The third-order valence-corrected chi connectivity index (χ3v) is 4.45. The zero-order valence-corrected chi connectivity index (χ0v) is 15.4. The lowest BCUT2D eigenvalue weighted by Crippen LogP contribution is -2.42. The van der Waals surface area contributed by atoms with Crippen LogP contribution in [-0.4, -0.2) is 34.0 Å². The molecule has 1 aromatic carbocycles. The van der Waals surface area contributed by atoms with Crippen molar-refractivity contribution in [2.75, 3.05) is 13.7 Å². The molecule has 142 valence electrons. The first kappa shape index (κ1) is 18.6. The normalized spacial score (nSPS) is 18.7. The van der Waals surface area contributed by atoms with Gasteiger partial charge in [0.15, 0.2) is 5.60 Å². The summed E-state index contributed by atoms with van der Waals surface area (Å²) < 4.78 is 18.4. The van der Waals surface area contributed by atoms with Crippen LogP contribution in [0.4, 0.5) is 5.69 Å². The second-order valence-electron chi connectivity index (χ2n) is 6.39. The fraction of sp³-hybridized carbons (Fsp3) is 0.333. The Labute approximate surface area is 154 Å². The Hall–Kier alpha value is -3.20. The van der Waals surface area contributed by atoms with Crippen LogP contribution in [0.1, 0.15) is 19.4 Å². The minimum absolute atomic E-state index is 0.0879. The van der Waals surface area contributed by atoms with Crippen LogP contribution in [0, 0.1) is 10.1 Å². The number of non-ortho nitro benzene ring substituents is 1. The molecule has 0 bridgehead atoms. The standard InChI is InChI=1S/C18H19N3O6/c1-11-17(26-15-7-8-16(22)20(3)19-15)13-9-12(21(23)24)5-6-14(13)27-18(11,2)10-25-4/h5-9H,10H2,1-4H3. The van der Waals surface area contributed by atoms with E-state index in [0.29, 0.717) is 22.6 Å². The SMILES string of the molecule is COCC1(C)Oc2ccc([N+](=O)[O-])cc2C(Oc2ccc(=O)n(C)n2)=C1C. The first-order valence-corrected chi connectivity index (χ1v) is 8.15. The Morgan fingerprint density at radius 2 is 2.07 bits per heavy atom. The molecule has 1 aromatic heterocycles. The van der Waals surface area contributed by atoms with Crippen LogP contribution in [0.25, 0.3) is 5.76 Å². The first-order valence-electron chi connectivity index (χ1n) is 8.15. The average molecular weight is 373 g/mol. The molecule has 0 spiro atoms. The predicted octanol–water partition coefficient (Wildman–Crippen LogP) is 2.30. The van der Waals surface area contributed by atoms with Crippen molar-refractivity contribution in [2.24, 2.45) is 7.05 Å². The molecule has 0 saturated heterocycles. The van der Waals surface area contributed by atoms with Crippen molar-refractivity contribution in [1.29, 1.82) is 0 Å². The van der Waals surface area contributed by atoms with Crippen molar-refractivity contribution in [3.8, 4) is 11.6 Å². The van der Waals surface area contributed by atoms with Crippen molar-refractivity contribution in [3.63, 3.8) is 0 Å². The molecule has 9 heteroatoms. The minimum Gasteiger partial charge on any atom is -0.480 e. The van der Waals surface area contributed by atoms with E-state index < -0.39 is 10.5 Å². The maximum Gasteiger partial charge on any atom is 0.270 e. The highest BCUT2D eigenvalue weighted by Gasteiger charge is 2.39. The first-order chi connectivity index (χ1) is 12.7. The smallest absolute Gasteiger partial charge is 0.270 e. The number of nitro groups is 1. The molecule has 2 aromatic rings. The molecule has 1 unspecified atom stereocenters. The molecule has 0 aliphatic carbocycles. The van der Waals surface area contributed by atoms with E-state index >= 15 is 0 Å². The number of aryl methyl sites for hydroxylation is 1. The zero-order chi connectivity index (χ0) is 19.8. The molecular formula is C18H19N3O6. The number of rotatable bonds is 5. The molecule has 0 fully saturated rings. The second-order valence-corrected chi connectivity index (χ2v) is 6.39. The quantitative estimate of drug-likeness (QED) is 0.585. The van der Waals surface area contributed by atoms with Crippen LogP contribution in [0.3, 0.4) is 0 Å². The third kappa shape index (κ3) is 3.41. The van der Waals surface area contributed by atoms with E-state index in [2.05, 4.69) is 5.10 Å². The monoisotopic (exact) mass is 373 g/mol. The molecule has 0 radical (unpaired) electrons. The summed E-state index contributed by atoms with van der Waals surface area (Å²) in [6.45, 7) is 3.90. The number of fused-ring (bicyclic) bond motifs is 1. The van der Waals surface area contributed by atoms with Gasteiger partial charge in [-0.3, -0.25) is 14.9 Å². The molecule has 2 heterocycles. The summed E-state index contributed by atoms with van der Waals surface area (Å²) in [5, 5.41) is 15.2. The van der Waals surface area contributed by atoms with Crippen molar-refractivity contribution in [2.45, 2.75) is 19.4 Å². The lowest BCUT2D eigenvalue weighted by molar-refractivity contribution is -0.384. The number of nitro benzene ring substituents is 1. The van der Waals surface area contributed by atoms with Crippen LogP contribution >= 0.6 is 0 Å². The minimum atomic E-state index is -0.826. The number of hydrogen-bond donors (Lipinski definition) is 0. The highest BCUT2D eigenvalue weighted by atomic mass is 16.6. The summed E-state index contributed by atoms with van der Waals surface area (Å²) in [6, 6.07) is 7.08. The molecule has 0 N–H and O–H groups in total. The summed E-state index contributed by atoms with van der Waals surface area (Å²) in [5.74, 6) is 1.00. The van der Waals surface area contributed by atoms with Gasteiger partial charge in [0.2, 0.25) is 5.88 Å². The van der Waals surface area contributed by atoms with E-state index in [1.54, 1.807) is 14.0 Å². The highest BCUT2D eigenvalue weighted by molar-refractivity contribution is 5.74. The molecule has 1 atom stereocenters. The van der Waals surface area contributed by atoms with E-state index in [4.69, 9.17) is 14.2 Å². The maximum atomic E-state index is 11.6. The van der Waals surface area contributed by atoms with Crippen molar-refractivity contribution in [3.05, 3.63) is 61.9 Å². The van der Waals surface area contributed by atoms with Gasteiger partial charge in [-0.05, 0) is 19.9 Å². The fourth-order valence-electron chi connectivity index (χ4n) is 2.84. The van der Waals surface area contributed by atoms with Crippen LogP contribution in [0.5, 0.6) is 11.6 Å². The van der Waals surface area contributed by atoms with Crippen LogP contribution in [0.15, 0.2) is 40.7 Å². The lowest BCUT2D eigenvalue weighted by atomic mass is 9.90. The van der Waals surface area contributed by atoms with Crippen molar-refractivity contribution in [1.82, 2.24) is 9.78 Å². The van der Waals surface area contributed by atoms with Gasteiger partial charge in [0, 0.05) is 44.0 Å². The third-order valence-electron chi connectivity index (χ3n) is 4.45. The Kier molecular flexibility index (Phi) is 4.71. The Morgan fingerprint density at radius 3 is 2.70 bits per heavy atom. The van der Waals surface area contributed by atoms with Gasteiger partial charge in [-0.15, -0.1) is 5.10 Å². The van der Waals surface area contributed by atoms with E-state index in [9.17, 15) is 14.9 Å². The van der Waals surface area contributed by atoms with Gasteiger partial charge in [0.1, 0.15) is 11.5 Å². The predicted molar refractivity (Wildman–Crippen MR) is 96.7 cm³/mol. The van der Waals surface area contributed by atoms with E-state index in [1.807, 2.05) is 6.92 Å². The van der Waals surface area contributed by atoms with E-state index in [0.717, 1.165) is 4.68 Å².